The van der Waals surface area contributed by atoms with Gasteiger partial charge in [0.05, 0.1) is 0 Å². The Balaban J connectivity index is 2.40. The minimum atomic E-state index is -4.84. The molecule has 0 aromatic heterocycles. The highest BCUT2D eigenvalue weighted by atomic mass is 32.2. The van der Waals surface area contributed by atoms with Gasteiger partial charge in [-0.25, -0.2) is 0 Å². The molecular formula is C42H78O6S2. The first kappa shape index (κ1) is 47.1. The zero-order chi connectivity index (χ0) is 36.8. The number of hydrogen-bond acceptors (Lipinski definition) is 4. The van der Waals surface area contributed by atoms with Crippen LogP contribution in [0.3, 0.4) is 0 Å². The van der Waals surface area contributed by atoms with Crippen molar-refractivity contribution in [2.75, 3.05) is 0 Å². The molecule has 0 unspecified atom stereocenters. The summed E-state index contributed by atoms with van der Waals surface area (Å²) >= 11 is 0. The average molecular weight is 743 g/mol. The van der Waals surface area contributed by atoms with Gasteiger partial charge in [-0.2, -0.15) is 16.8 Å². The number of rotatable bonds is 36. The molecule has 6 nitrogen and oxygen atoms in total. The van der Waals surface area contributed by atoms with Gasteiger partial charge >= 0.3 is 0 Å². The van der Waals surface area contributed by atoms with Crippen molar-refractivity contribution in [3.8, 4) is 0 Å². The number of benzene rings is 1. The summed E-state index contributed by atoms with van der Waals surface area (Å²) in [7, 11) is -9.65. The molecule has 0 amide bonds. The third-order valence-corrected chi connectivity index (χ3v) is 12.4. The SMILES string of the molecule is CCCCCCCCCCCCCCCCCCc1ccc(S(=O)(=O)O)c(S(=O)(=O)O)c1CCCCCCCCCCCCCCCCCC. The Bertz CT molecular complexity index is 1160. The van der Waals surface area contributed by atoms with Crippen LogP contribution in [0.2, 0.25) is 0 Å². The number of unbranched alkanes of at least 4 members (excludes halogenated alkanes) is 30. The van der Waals surface area contributed by atoms with Crippen molar-refractivity contribution in [2.24, 2.45) is 0 Å². The van der Waals surface area contributed by atoms with E-state index in [2.05, 4.69) is 13.8 Å². The van der Waals surface area contributed by atoms with E-state index in [9.17, 15) is 25.9 Å². The second kappa shape index (κ2) is 30.5. The van der Waals surface area contributed by atoms with Gasteiger partial charge in [-0.1, -0.05) is 213 Å². The average Bonchev–Trinajstić information content (AvgIpc) is 3.07. The van der Waals surface area contributed by atoms with Gasteiger partial charge in [-0.05, 0) is 42.9 Å². The molecule has 0 saturated heterocycles. The van der Waals surface area contributed by atoms with Gasteiger partial charge in [-0.15, -0.1) is 0 Å². The van der Waals surface area contributed by atoms with E-state index in [1.807, 2.05) is 0 Å². The van der Waals surface area contributed by atoms with E-state index >= 15 is 0 Å². The van der Waals surface area contributed by atoms with E-state index in [4.69, 9.17) is 0 Å². The van der Waals surface area contributed by atoms with E-state index in [1.165, 1.54) is 161 Å². The molecule has 0 atom stereocenters. The predicted molar refractivity (Wildman–Crippen MR) is 213 cm³/mol. The quantitative estimate of drug-likeness (QED) is 0.0523. The minimum absolute atomic E-state index is 0.356. The summed E-state index contributed by atoms with van der Waals surface area (Å²) in [6.07, 6.45) is 41.2. The minimum Gasteiger partial charge on any atom is -0.282 e. The topological polar surface area (TPSA) is 109 Å². The van der Waals surface area contributed by atoms with Gasteiger partial charge in [0.25, 0.3) is 20.2 Å². The first-order chi connectivity index (χ1) is 24.1. The van der Waals surface area contributed by atoms with Crippen molar-refractivity contribution >= 4 is 20.2 Å². The number of hydrogen-bond donors (Lipinski definition) is 2. The monoisotopic (exact) mass is 743 g/mol. The van der Waals surface area contributed by atoms with Crippen LogP contribution in [0.5, 0.6) is 0 Å². The smallest absolute Gasteiger partial charge is 0.282 e. The van der Waals surface area contributed by atoms with Crippen molar-refractivity contribution in [3.63, 3.8) is 0 Å². The van der Waals surface area contributed by atoms with Crippen LogP contribution in [0.1, 0.15) is 230 Å². The highest BCUT2D eigenvalue weighted by Crippen LogP contribution is 2.31. The summed E-state index contributed by atoms with van der Waals surface area (Å²) in [5.41, 5.74) is 1.12. The first-order valence-corrected chi connectivity index (χ1v) is 24.1. The highest BCUT2D eigenvalue weighted by Gasteiger charge is 2.28. The highest BCUT2D eigenvalue weighted by molar-refractivity contribution is 7.89. The zero-order valence-corrected chi connectivity index (χ0v) is 34.2. The molecule has 8 heteroatoms. The van der Waals surface area contributed by atoms with Gasteiger partial charge in [0.15, 0.2) is 0 Å². The third kappa shape index (κ3) is 24.3. The summed E-state index contributed by atoms with van der Waals surface area (Å²) in [6, 6.07) is 2.77. The maximum atomic E-state index is 12.4. The van der Waals surface area contributed by atoms with Crippen LogP contribution in [-0.2, 0) is 33.1 Å². The van der Waals surface area contributed by atoms with Gasteiger partial charge in [0.1, 0.15) is 9.79 Å². The fourth-order valence-electron chi connectivity index (χ4n) is 7.35. The molecule has 0 fully saturated rings. The van der Waals surface area contributed by atoms with Crippen molar-refractivity contribution in [3.05, 3.63) is 23.3 Å². The maximum absolute atomic E-state index is 12.4. The van der Waals surface area contributed by atoms with Crippen molar-refractivity contribution in [2.45, 2.75) is 242 Å². The molecule has 0 aliphatic carbocycles. The third-order valence-electron chi connectivity index (χ3n) is 10.4. The second-order valence-electron chi connectivity index (χ2n) is 15.1. The molecule has 294 valence electrons. The summed E-state index contributed by atoms with van der Waals surface area (Å²) < 4.78 is 68.9. The fourth-order valence-corrected chi connectivity index (χ4v) is 9.45. The Labute approximate surface area is 310 Å². The Morgan fingerprint density at radius 3 is 0.940 bits per heavy atom. The molecule has 0 saturated carbocycles. The lowest BCUT2D eigenvalue weighted by molar-refractivity contribution is 0.464. The van der Waals surface area contributed by atoms with Crippen LogP contribution in [0.25, 0.3) is 0 Å². The van der Waals surface area contributed by atoms with Crippen LogP contribution in [0, 0.1) is 0 Å². The van der Waals surface area contributed by atoms with Crippen LogP contribution in [0.4, 0.5) is 0 Å². The largest absolute Gasteiger partial charge is 0.296 e. The molecule has 1 aromatic carbocycles. The summed E-state index contributed by atoms with van der Waals surface area (Å²) in [4.78, 5) is -1.35. The van der Waals surface area contributed by atoms with E-state index in [-0.39, 0.29) is 0 Å². The molecule has 50 heavy (non-hydrogen) atoms. The van der Waals surface area contributed by atoms with Gasteiger partial charge in [0, 0.05) is 0 Å². The zero-order valence-electron chi connectivity index (χ0n) is 32.5. The molecule has 1 rings (SSSR count). The molecule has 2 N–H and O–H groups in total. The van der Waals surface area contributed by atoms with E-state index in [0.717, 1.165) is 50.2 Å². The molecule has 0 aliphatic rings. The van der Waals surface area contributed by atoms with E-state index in [0.29, 0.717) is 24.8 Å². The molecule has 0 heterocycles. The second-order valence-corrected chi connectivity index (χ2v) is 17.8. The molecule has 0 aliphatic heterocycles. The van der Waals surface area contributed by atoms with Crippen LogP contribution < -0.4 is 0 Å². The van der Waals surface area contributed by atoms with E-state index < -0.39 is 30.0 Å². The maximum Gasteiger partial charge on any atom is 0.296 e. The van der Waals surface area contributed by atoms with Gasteiger partial charge in [0.2, 0.25) is 0 Å². The lowest BCUT2D eigenvalue weighted by atomic mass is 9.96. The Morgan fingerprint density at radius 2 is 0.660 bits per heavy atom. The van der Waals surface area contributed by atoms with E-state index in [1.54, 1.807) is 6.07 Å². The molecular weight excluding hydrogens is 665 g/mol. The Morgan fingerprint density at radius 1 is 0.380 bits per heavy atom. The van der Waals surface area contributed by atoms with Crippen molar-refractivity contribution in [1.82, 2.24) is 0 Å². The Kier molecular flexibility index (Phi) is 28.7. The van der Waals surface area contributed by atoms with Crippen molar-refractivity contribution < 1.29 is 25.9 Å². The van der Waals surface area contributed by atoms with Crippen LogP contribution >= 0.6 is 0 Å². The van der Waals surface area contributed by atoms with Gasteiger partial charge in [-0.3, -0.25) is 9.11 Å². The molecule has 0 bridgehead atoms. The standard InChI is InChI=1S/C42H78O6S2/c1-3-5-7-9-11-13-15-17-19-21-23-25-27-29-31-33-35-39-37-38-41(49(43,44)45)42(50(46,47)48)40(39)36-34-32-30-28-26-24-22-20-18-16-14-12-10-8-6-4-2/h37-38H,3-36H2,1-2H3,(H,43,44,45)(H,46,47,48). The molecule has 0 spiro atoms. The normalized spacial score (nSPS) is 12.2. The molecule has 0 radical (unpaired) electrons. The summed E-state index contributed by atoms with van der Waals surface area (Å²) in [5.74, 6) is 0. The Hall–Kier alpha value is -0.960. The summed E-state index contributed by atoms with van der Waals surface area (Å²) in [5, 5.41) is 0. The lowest BCUT2D eigenvalue weighted by Crippen LogP contribution is -2.14. The van der Waals surface area contributed by atoms with Gasteiger partial charge < -0.3 is 0 Å². The molecule has 1 aromatic rings. The summed E-state index contributed by atoms with van der Waals surface area (Å²) in [6.45, 7) is 4.52. The van der Waals surface area contributed by atoms with Crippen LogP contribution in [-0.4, -0.2) is 25.9 Å². The lowest BCUT2D eigenvalue weighted by Gasteiger charge is -2.16. The predicted octanol–water partition coefficient (Wildman–Crippen LogP) is 13.8. The van der Waals surface area contributed by atoms with Crippen molar-refractivity contribution in [1.29, 1.82) is 0 Å². The first-order valence-electron chi connectivity index (χ1n) is 21.2. The fraction of sp³-hybridized carbons (Fsp3) is 0.857. The van der Waals surface area contributed by atoms with Crippen LogP contribution in [0.15, 0.2) is 21.9 Å². The number of aryl methyl sites for hydroxylation is 1.